The molecule has 5 nitrogen and oxygen atoms in total. The van der Waals surface area contributed by atoms with Crippen LogP contribution in [-0.4, -0.2) is 36.3 Å². The number of pyridine rings is 1. The van der Waals surface area contributed by atoms with Gasteiger partial charge in [0.1, 0.15) is 5.82 Å². The Morgan fingerprint density at radius 1 is 1.00 bits per heavy atom. The van der Waals surface area contributed by atoms with E-state index in [1.807, 2.05) is 6.07 Å². The molecule has 0 atom stereocenters. The molecule has 0 saturated heterocycles. The van der Waals surface area contributed by atoms with Crippen molar-refractivity contribution in [3.63, 3.8) is 0 Å². The number of nitrogens with one attached hydrogen (secondary N) is 3. The van der Waals surface area contributed by atoms with Crippen molar-refractivity contribution in [1.82, 2.24) is 10.3 Å². The van der Waals surface area contributed by atoms with Crippen LogP contribution in [0.3, 0.4) is 0 Å². The summed E-state index contributed by atoms with van der Waals surface area (Å²) in [4.78, 5) is 7.00. The van der Waals surface area contributed by atoms with Gasteiger partial charge in [-0.2, -0.15) is 0 Å². The van der Waals surface area contributed by atoms with E-state index in [1.165, 1.54) is 14.6 Å². The summed E-state index contributed by atoms with van der Waals surface area (Å²) in [5.74, 6) is 0.953. The summed E-state index contributed by atoms with van der Waals surface area (Å²) in [6.07, 6.45) is 4.35. The van der Waals surface area contributed by atoms with Crippen molar-refractivity contribution in [3.05, 3.63) is 58.2 Å². The van der Waals surface area contributed by atoms with Gasteiger partial charge in [0.05, 0.1) is 5.52 Å². The number of thiocarbonyl (C=S) groups is 1. The van der Waals surface area contributed by atoms with E-state index in [1.54, 1.807) is 0 Å². The Labute approximate surface area is 203 Å². The second-order valence-electron chi connectivity index (χ2n) is 8.24. The maximum absolute atomic E-state index is 5.51. The number of fused-ring (bicyclic) bond motifs is 1. The van der Waals surface area contributed by atoms with E-state index in [2.05, 4.69) is 106 Å². The highest BCUT2D eigenvalue weighted by Gasteiger charge is 2.22. The Morgan fingerprint density at radius 2 is 1.68 bits per heavy atom. The molecule has 1 heterocycles. The molecule has 3 aromatic rings. The fourth-order valence-electron chi connectivity index (χ4n) is 4.08. The summed E-state index contributed by atoms with van der Waals surface area (Å²) in [6, 6.07) is 19.6. The molecule has 2 aromatic carbocycles. The van der Waals surface area contributed by atoms with Gasteiger partial charge in [-0.1, -0.05) is 18.2 Å². The van der Waals surface area contributed by atoms with Gasteiger partial charge in [-0.05, 0) is 90.8 Å². The normalized spacial score (nSPS) is 18.4. The molecule has 31 heavy (non-hydrogen) atoms. The van der Waals surface area contributed by atoms with Crippen molar-refractivity contribution < 1.29 is 0 Å². The number of rotatable bonds is 5. The molecular formula is C24H28IN5S. The largest absolute Gasteiger partial charge is 0.377 e. The highest BCUT2D eigenvalue weighted by molar-refractivity contribution is 14.1. The summed E-state index contributed by atoms with van der Waals surface area (Å²) in [7, 11) is 4.16. The zero-order valence-corrected chi connectivity index (χ0v) is 20.8. The highest BCUT2D eigenvalue weighted by atomic mass is 127. The van der Waals surface area contributed by atoms with Crippen molar-refractivity contribution in [2.45, 2.75) is 37.8 Å². The van der Waals surface area contributed by atoms with Crippen LogP contribution in [0, 0.1) is 3.57 Å². The van der Waals surface area contributed by atoms with E-state index in [4.69, 9.17) is 17.2 Å². The molecule has 7 heteroatoms. The monoisotopic (exact) mass is 545 g/mol. The van der Waals surface area contributed by atoms with E-state index in [0.29, 0.717) is 17.2 Å². The predicted molar refractivity (Wildman–Crippen MR) is 144 cm³/mol. The van der Waals surface area contributed by atoms with Gasteiger partial charge < -0.3 is 20.9 Å². The molecule has 0 spiro atoms. The van der Waals surface area contributed by atoms with E-state index in [-0.39, 0.29) is 0 Å². The molecule has 1 aliphatic rings. The minimum absolute atomic E-state index is 0.406. The Balaban J connectivity index is 1.32. The molecule has 1 aliphatic carbocycles. The van der Waals surface area contributed by atoms with Crippen molar-refractivity contribution in [1.29, 1.82) is 0 Å². The quantitative estimate of drug-likeness (QED) is 0.286. The molecule has 0 bridgehead atoms. The Kier molecular flexibility index (Phi) is 7.12. The minimum atomic E-state index is 0.406. The third kappa shape index (κ3) is 5.77. The fraction of sp³-hybridized carbons (Fsp3) is 0.333. The number of aromatic nitrogens is 1. The van der Waals surface area contributed by atoms with Crippen LogP contribution in [-0.2, 0) is 0 Å². The van der Waals surface area contributed by atoms with Gasteiger partial charge >= 0.3 is 0 Å². The first-order valence-electron chi connectivity index (χ1n) is 10.6. The molecule has 4 rings (SSSR count). The third-order valence-corrected chi connectivity index (χ3v) is 6.63. The molecule has 0 radical (unpaired) electrons. The lowest BCUT2D eigenvalue weighted by Gasteiger charge is -2.31. The number of benzene rings is 2. The number of halogens is 1. The van der Waals surface area contributed by atoms with Crippen LogP contribution < -0.4 is 20.9 Å². The first-order valence-corrected chi connectivity index (χ1v) is 12.1. The maximum atomic E-state index is 5.51. The van der Waals surface area contributed by atoms with Gasteiger partial charge in [-0.25, -0.2) is 4.98 Å². The van der Waals surface area contributed by atoms with Crippen LogP contribution in [0.1, 0.15) is 25.7 Å². The minimum Gasteiger partial charge on any atom is -0.377 e. The van der Waals surface area contributed by atoms with Crippen molar-refractivity contribution >= 4 is 68.0 Å². The van der Waals surface area contributed by atoms with Crippen LogP contribution in [0.2, 0.25) is 0 Å². The van der Waals surface area contributed by atoms with Crippen LogP contribution in [0.5, 0.6) is 0 Å². The smallest absolute Gasteiger partial charge is 0.170 e. The lowest BCUT2D eigenvalue weighted by Crippen LogP contribution is -2.42. The average Bonchev–Trinajstić information content (AvgIpc) is 2.76. The first kappa shape index (κ1) is 22.1. The molecule has 1 fully saturated rings. The number of hydrogen-bond donors (Lipinski definition) is 3. The van der Waals surface area contributed by atoms with Gasteiger partial charge in [-0.15, -0.1) is 0 Å². The number of anilines is 3. The number of para-hydroxylation sites is 1. The van der Waals surface area contributed by atoms with E-state index >= 15 is 0 Å². The Morgan fingerprint density at radius 3 is 2.39 bits per heavy atom. The highest BCUT2D eigenvalue weighted by Crippen LogP contribution is 2.29. The van der Waals surface area contributed by atoms with Crippen LogP contribution in [0.25, 0.3) is 10.9 Å². The molecule has 1 saturated carbocycles. The summed E-state index contributed by atoms with van der Waals surface area (Å²) < 4.78 is 1.21. The van der Waals surface area contributed by atoms with Crippen molar-refractivity contribution in [2.75, 3.05) is 29.6 Å². The molecule has 0 aliphatic heterocycles. The second-order valence-corrected chi connectivity index (χ2v) is 9.89. The van der Waals surface area contributed by atoms with Crippen LogP contribution in [0.4, 0.5) is 17.2 Å². The van der Waals surface area contributed by atoms with Crippen molar-refractivity contribution in [3.8, 4) is 0 Å². The van der Waals surface area contributed by atoms with Gasteiger partial charge in [0.25, 0.3) is 0 Å². The van der Waals surface area contributed by atoms with Gasteiger partial charge in [0.15, 0.2) is 5.11 Å². The van der Waals surface area contributed by atoms with E-state index in [0.717, 1.165) is 42.7 Å². The lowest BCUT2D eigenvalue weighted by atomic mass is 9.91. The summed E-state index contributed by atoms with van der Waals surface area (Å²) in [5, 5.41) is 12.3. The molecule has 162 valence electrons. The Hall–Kier alpha value is -2.13. The van der Waals surface area contributed by atoms with Gasteiger partial charge in [0.2, 0.25) is 0 Å². The van der Waals surface area contributed by atoms with E-state index < -0.39 is 0 Å². The zero-order chi connectivity index (χ0) is 21.8. The predicted octanol–water partition coefficient (Wildman–Crippen LogP) is 5.62. The molecular weight excluding hydrogens is 517 g/mol. The number of hydrogen-bond acceptors (Lipinski definition) is 4. The number of nitrogens with zero attached hydrogens (tertiary/aromatic N) is 2. The summed E-state index contributed by atoms with van der Waals surface area (Å²) in [5.41, 5.74) is 3.24. The second kappa shape index (κ2) is 9.99. The van der Waals surface area contributed by atoms with Crippen LogP contribution in [0.15, 0.2) is 54.6 Å². The molecule has 0 amide bonds. The summed E-state index contributed by atoms with van der Waals surface area (Å²) in [6.45, 7) is 0. The third-order valence-electron chi connectivity index (χ3n) is 5.69. The summed E-state index contributed by atoms with van der Waals surface area (Å²) >= 11 is 7.82. The molecule has 1 aromatic heterocycles. The molecule has 3 N–H and O–H groups in total. The molecule has 0 unspecified atom stereocenters. The van der Waals surface area contributed by atoms with Crippen LogP contribution >= 0.6 is 34.8 Å². The van der Waals surface area contributed by atoms with Gasteiger partial charge in [0, 0.05) is 52.6 Å². The van der Waals surface area contributed by atoms with Crippen molar-refractivity contribution in [2.24, 2.45) is 0 Å². The average molecular weight is 545 g/mol. The standard InChI is InChI=1S/C24H28IN5S/c1-30(2)22-15-23(29-21-6-4-3-5-20(21)22)26-17-11-13-19(14-12-17)28-24(31)27-18-9-7-16(25)8-10-18/h3-10,15,17,19H,11-14H2,1-2H3,(H,26,29)(H2,27,28,31)/t17-,19+. The topological polar surface area (TPSA) is 52.2 Å². The van der Waals surface area contributed by atoms with Gasteiger partial charge in [-0.3, -0.25) is 0 Å². The maximum Gasteiger partial charge on any atom is 0.170 e. The lowest BCUT2D eigenvalue weighted by molar-refractivity contribution is 0.388. The first-order chi connectivity index (χ1) is 15.0. The zero-order valence-electron chi connectivity index (χ0n) is 17.9. The fourth-order valence-corrected chi connectivity index (χ4v) is 4.72. The SMILES string of the molecule is CN(C)c1cc(N[C@H]2CC[C@@H](NC(=S)Nc3ccc(I)cc3)CC2)nc2ccccc12. The Bertz CT molecular complexity index is 1050. The van der Waals surface area contributed by atoms with E-state index in [9.17, 15) is 0 Å².